The molecule has 2 amide bonds. The van der Waals surface area contributed by atoms with Crippen LogP contribution in [0.3, 0.4) is 0 Å². The summed E-state index contributed by atoms with van der Waals surface area (Å²) in [5.74, 6) is -0.587. The van der Waals surface area contributed by atoms with Crippen LogP contribution in [-0.2, 0) is 4.79 Å². The average molecular weight is 308 g/mol. The molecule has 0 bridgehead atoms. The zero-order valence-electron chi connectivity index (χ0n) is 12.5. The fourth-order valence-electron chi connectivity index (χ4n) is 3.31. The molecule has 0 unspecified atom stereocenters. The van der Waals surface area contributed by atoms with Crippen molar-refractivity contribution in [1.82, 2.24) is 15.1 Å². The van der Waals surface area contributed by atoms with Crippen molar-refractivity contribution in [3.63, 3.8) is 0 Å². The van der Waals surface area contributed by atoms with Crippen molar-refractivity contribution in [2.24, 2.45) is 0 Å². The molecule has 0 atom stereocenters. The average Bonchev–Trinajstić information content (AvgIpc) is 3.17. The maximum atomic E-state index is 12.3. The first-order chi connectivity index (χ1) is 11.2. The molecule has 1 aliphatic heterocycles. The lowest BCUT2D eigenvalue weighted by Gasteiger charge is -2.15. The van der Waals surface area contributed by atoms with Gasteiger partial charge in [-0.2, -0.15) is 5.10 Å². The third kappa shape index (κ3) is 2.06. The number of nitrogen functional groups attached to an aromatic ring is 1. The van der Waals surface area contributed by atoms with E-state index in [1.54, 1.807) is 0 Å². The summed E-state index contributed by atoms with van der Waals surface area (Å²) in [5, 5.41) is 6.90. The van der Waals surface area contributed by atoms with E-state index >= 15 is 0 Å². The van der Waals surface area contributed by atoms with Gasteiger partial charge in [-0.15, -0.1) is 0 Å². The first kappa shape index (κ1) is 13.8. The standard InChI is InChI=1S/C17H16N4O2/c18-15-13-14(20-21(15)11-8-2-1-3-9-11)12(10-6-4-5-7-10)16(22)19-17(13)23/h1-3,8-9H,4-7,18H2,(H,19,22,23). The van der Waals surface area contributed by atoms with Crippen LogP contribution in [0.15, 0.2) is 35.9 Å². The zero-order valence-corrected chi connectivity index (χ0v) is 12.5. The topological polar surface area (TPSA) is 90.0 Å². The van der Waals surface area contributed by atoms with Crippen molar-refractivity contribution < 1.29 is 9.59 Å². The normalized spacial score (nSPS) is 17.4. The third-order valence-corrected chi connectivity index (χ3v) is 4.40. The second-order valence-corrected chi connectivity index (χ2v) is 5.83. The monoisotopic (exact) mass is 308 g/mol. The van der Waals surface area contributed by atoms with E-state index in [-0.39, 0.29) is 11.7 Å². The van der Waals surface area contributed by atoms with Crippen LogP contribution in [0.5, 0.6) is 0 Å². The molecule has 0 saturated heterocycles. The Morgan fingerprint density at radius 3 is 2.43 bits per heavy atom. The number of carbonyl (C=O) groups is 2. The highest BCUT2D eigenvalue weighted by Crippen LogP contribution is 2.36. The predicted molar refractivity (Wildman–Crippen MR) is 85.8 cm³/mol. The molecule has 23 heavy (non-hydrogen) atoms. The van der Waals surface area contributed by atoms with Crippen molar-refractivity contribution in [1.29, 1.82) is 0 Å². The molecule has 2 heterocycles. The number of hydrogen-bond donors (Lipinski definition) is 2. The quantitative estimate of drug-likeness (QED) is 0.623. The molecule has 116 valence electrons. The highest BCUT2D eigenvalue weighted by molar-refractivity contribution is 6.32. The minimum atomic E-state index is -0.480. The number of fused-ring (bicyclic) bond motifs is 1. The van der Waals surface area contributed by atoms with Crippen molar-refractivity contribution in [2.45, 2.75) is 25.7 Å². The smallest absolute Gasteiger partial charge is 0.264 e. The van der Waals surface area contributed by atoms with Gasteiger partial charge in [-0.25, -0.2) is 4.68 Å². The van der Waals surface area contributed by atoms with Gasteiger partial charge in [-0.3, -0.25) is 14.9 Å². The number of benzene rings is 1. The maximum absolute atomic E-state index is 12.3. The van der Waals surface area contributed by atoms with E-state index in [1.165, 1.54) is 4.68 Å². The fourth-order valence-corrected chi connectivity index (χ4v) is 3.31. The number of amides is 2. The van der Waals surface area contributed by atoms with E-state index < -0.39 is 5.91 Å². The number of nitrogens with one attached hydrogen (secondary N) is 1. The van der Waals surface area contributed by atoms with Crippen molar-refractivity contribution in [3.8, 4) is 5.69 Å². The number of nitrogens with two attached hydrogens (primary N) is 1. The molecule has 2 aromatic rings. The molecule has 6 heteroatoms. The number of para-hydroxylation sites is 1. The Morgan fingerprint density at radius 2 is 1.74 bits per heavy atom. The lowest BCUT2D eigenvalue weighted by molar-refractivity contribution is -0.114. The number of allylic oxidation sites excluding steroid dienone is 1. The number of aromatic nitrogens is 2. The number of anilines is 1. The summed E-state index contributed by atoms with van der Waals surface area (Å²) in [5.41, 5.74) is 9.22. The molecule has 3 N–H and O–H groups in total. The molecule has 1 fully saturated rings. The van der Waals surface area contributed by atoms with E-state index in [1.807, 2.05) is 30.3 Å². The van der Waals surface area contributed by atoms with E-state index in [0.717, 1.165) is 36.9 Å². The largest absolute Gasteiger partial charge is 0.383 e. The predicted octanol–water partition coefficient (Wildman–Crippen LogP) is 2.05. The van der Waals surface area contributed by atoms with Crippen LogP contribution >= 0.6 is 0 Å². The Kier molecular flexibility index (Phi) is 3.04. The first-order valence-electron chi connectivity index (χ1n) is 7.69. The molecular formula is C17H16N4O2. The highest BCUT2D eigenvalue weighted by Gasteiger charge is 2.36. The molecule has 1 saturated carbocycles. The summed E-state index contributed by atoms with van der Waals surface area (Å²) < 4.78 is 1.53. The van der Waals surface area contributed by atoms with Crippen LogP contribution in [0.2, 0.25) is 0 Å². The maximum Gasteiger partial charge on any atom is 0.264 e. The van der Waals surface area contributed by atoms with E-state index in [4.69, 9.17) is 5.73 Å². The zero-order chi connectivity index (χ0) is 16.0. The Morgan fingerprint density at radius 1 is 1.04 bits per heavy atom. The Balaban J connectivity index is 1.96. The molecule has 1 aromatic heterocycles. The molecule has 6 nitrogen and oxygen atoms in total. The summed E-state index contributed by atoms with van der Waals surface area (Å²) in [6.07, 6.45) is 3.86. The van der Waals surface area contributed by atoms with Gasteiger partial charge in [-0.1, -0.05) is 23.8 Å². The molecule has 4 rings (SSSR count). The van der Waals surface area contributed by atoms with Gasteiger partial charge in [0.2, 0.25) is 0 Å². The molecule has 1 aliphatic carbocycles. The minimum Gasteiger partial charge on any atom is -0.383 e. The minimum absolute atomic E-state index is 0.257. The van der Waals surface area contributed by atoms with Gasteiger partial charge in [0.1, 0.15) is 17.1 Å². The summed E-state index contributed by atoms with van der Waals surface area (Å²) in [6.45, 7) is 0. The number of imide groups is 1. The van der Waals surface area contributed by atoms with E-state index in [0.29, 0.717) is 16.8 Å². The SMILES string of the molecule is Nc1c2c(nn1-c1ccccc1)C(=C1CCCC1)C(=O)NC2=O. The third-order valence-electron chi connectivity index (χ3n) is 4.40. The lowest BCUT2D eigenvalue weighted by Crippen LogP contribution is -2.37. The van der Waals surface area contributed by atoms with Crippen LogP contribution in [0.1, 0.15) is 41.7 Å². The van der Waals surface area contributed by atoms with Crippen LogP contribution in [0.25, 0.3) is 11.3 Å². The Bertz CT molecular complexity index is 841. The van der Waals surface area contributed by atoms with Gasteiger partial charge in [0.15, 0.2) is 0 Å². The van der Waals surface area contributed by atoms with Gasteiger partial charge < -0.3 is 5.73 Å². The summed E-state index contributed by atoms with van der Waals surface area (Å²) in [4.78, 5) is 24.6. The van der Waals surface area contributed by atoms with Gasteiger partial charge >= 0.3 is 0 Å². The number of hydrogen-bond acceptors (Lipinski definition) is 4. The lowest BCUT2D eigenvalue weighted by atomic mass is 9.96. The summed E-state index contributed by atoms with van der Waals surface area (Å²) in [6, 6.07) is 9.35. The Labute approximate surface area is 133 Å². The van der Waals surface area contributed by atoms with Crippen LogP contribution in [0, 0.1) is 0 Å². The van der Waals surface area contributed by atoms with Crippen LogP contribution in [0.4, 0.5) is 5.82 Å². The second kappa shape index (κ2) is 5.08. The second-order valence-electron chi connectivity index (χ2n) is 5.83. The van der Waals surface area contributed by atoms with Crippen LogP contribution < -0.4 is 11.1 Å². The number of rotatable bonds is 1. The van der Waals surface area contributed by atoms with Gasteiger partial charge in [-0.05, 0) is 37.8 Å². The molecular weight excluding hydrogens is 292 g/mol. The van der Waals surface area contributed by atoms with E-state index in [9.17, 15) is 9.59 Å². The van der Waals surface area contributed by atoms with Crippen molar-refractivity contribution >= 4 is 23.2 Å². The molecule has 0 spiro atoms. The fraction of sp³-hybridized carbons (Fsp3) is 0.235. The molecule has 0 radical (unpaired) electrons. The van der Waals surface area contributed by atoms with Crippen molar-refractivity contribution in [3.05, 3.63) is 47.2 Å². The summed E-state index contributed by atoms with van der Waals surface area (Å²) in [7, 11) is 0. The first-order valence-corrected chi connectivity index (χ1v) is 7.69. The number of carbonyl (C=O) groups excluding carboxylic acids is 2. The summed E-state index contributed by atoms with van der Waals surface area (Å²) >= 11 is 0. The number of nitrogens with zero attached hydrogens (tertiary/aromatic N) is 2. The molecule has 1 aromatic carbocycles. The van der Waals surface area contributed by atoms with Gasteiger partial charge in [0, 0.05) is 0 Å². The highest BCUT2D eigenvalue weighted by atomic mass is 16.2. The van der Waals surface area contributed by atoms with Crippen LogP contribution in [-0.4, -0.2) is 21.6 Å². The Hall–Kier alpha value is -2.89. The van der Waals surface area contributed by atoms with Crippen molar-refractivity contribution in [2.75, 3.05) is 5.73 Å². The molecule has 2 aliphatic rings. The van der Waals surface area contributed by atoms with Gasteiger partial charge in [0.25, 0.3) is 11.8 Å². The van der Waals surface area contributed by atoms with E-state index in [2.05, 4.69) is 10.4 Å². The van der Waals surface area contributed by atoms with Gasteiger partial charge in [0.05, 0.1) is 11.3 Å².